The number of phenols is 1. The number of benzene rings is 4. The molecule has 0 radical (unpaired) electrons. The van der Waals surface area contributed by atoms with Crippen molar-refractivity contribution in [2.24, 2.45) is 0 Å². The van der Waals surface area contributed by atoms with Crippen LogP contribution < -0.4 is 20.7 Å². The minimum Gasteiger partial charge on any atom is -0.508 e. The largest absolute Gasteiger partial charge is 0.508 e. The molecule has 8 heteroatoms. The summed E-state index contributed by atoms with van der Waals surface area (Å²) >= 11 is 0. The van der Waals surface area contributed by atoms with E-state index in [2.05, 4.69) is 16.0 Å². The van der Waals surface area contributed by atoms with E-state index in [4.69, 9.17) is 4.74 Å². The first-order valence-electron chi connectivity index (χ1n) is 12.3. The summed E-state index contributed by atoms with van der Waals surface area (Å²) in [7, 11) is 1.54. The molecule has 0 aliphatic carbocycles. The van der Waals surface area contributed by atoms with Crippen molar-refractivity contribution in [3.8, 4) is 11.5 Å². The molecule has 0 unspecified atom stereocenters. The van der Waals surface area contributed by atoms with Gasteiger partial charge in [-0.3, -0.25) is 14.4 Å². The minimum absolute atomic E-state index is 0.102. The average Bonchev–Trinajstić information content (AvgIpc) is 2.95. The van der Waals surface area contributed by atoms with Crippen molar-refractivity contribution >= 4 is 29.1 Å². The van der Waals surface area contributed by atoms with Crippen molar-refractivity contribution < 1.29 is 24.2 Å². The Balaban J connectivity index is 1.55. The molecule has 4 rings (SSSR count). The van der Waals surface area contributed by atoms with Gasteiger partial charge in [-0.2, -0.15) is 0 Å². The first kappa shape index (κ1) is 26.9. The minimum atomic E-state index is -0.938. The highest BCUT2D eigenvalue weighted by atomic mass is 16.5. The van der Waals surface area contributed by atoms with Crippen molar-refractivity contribution in [2.45, 2.75) is 19.4 Å². The number of rotatable bonds is 9. The zero-order chi connectivity index (χ0) is 27.8. The van der Waals surface area contributed by atoms with Gasteiger partial charge in [-0.25, -0.2) is 0 Å². The fourth-order valence-electron chi connectivity index (χ4n) is 3.97. The quantitative estimate of drug-likeness (QED) is 0.248. The highest BCUT2D eigenvalue weighted by Gasteiger charge is 2.24. The molecule has 0 fully saturated rings. The molecule has 0 bridgehead atoms. The van der Waals surface area contributed by atoms with Crippen LogP contribution in [0.1, 0.15) is 31.8 Å². The molecule has 0 aliphatic rings. The van der Waals surface area contributed by atoms with Crippen LogP contribution in [0.2, 0.25) is 0 Å². The number of methoxy groups -OCH3 is 1. The smallest absolute Gasteiger partial charge is 0.255 e. The Morgan fingerprint density at radius 1 is 0.769 bits per heavy atom. The molecule has 8 nitrogen and oxygen atoms in total. The molecule has 0 saturated carbocycles. The van der Waals surface area contributed by atoms with Crippen molar-refractivity contribution in [2.75, 3.05) is 17.7 Å². The maximum absolute atomic E-state index is 13.4. The third-order valence-corrected chi connectivity index (χ3v) is 6.17. The van der Waals surface area contributed by atoms with Crippen LogP contribution in [-0.2, 0) is 11.2 Å². The molecular weight excluding hydrogens is 494 g/mol. The van der Waals surface area contributed by atoms with Gasteiger partial charge in [0, 0.05) is 17.7 Å². The van der Waals surface area contributed by atoms with Gasteiger partial charge in [-0.1, -0.05) is 42.5 Å². The molecule has 0 aliphatic heterocycles. The van der Waals surface area contributed by atoms with Gasteiger partial charge in [0.05, 0.1) is 18.4 Å². The second-order valence-corrected chi connectivity index (χ2v) is 8.93. The van der Waals surface area contributed by atoms with Crippen LogP contribution in [0.5, 0.6) is 11.5 Å². The van der Waals surface area contributed by atoms with Gasteiger partial charge in [-0.05, 0) is 72.6 Å². The number of hydrogen-bond donors (Lipinski definition) is 4. The Labute approximate surface area is 226 Å². The number of para-hydroxylation sites is 2. The molecule has 0 saturated heterocycles. The van der Waals surface area contributed by atoms with Gasteiger partial charge >= 0.3 is 0 Å². The van der Waals surface area contributed by atoms with E-state index in [0.717, 1.165) is 11.1 Å². The monoisotopic (exact) mass is 523 g/mol. The fourth-order valence-corrected chi connectivity index (χ4v) is 3.97. The summed E-state index contributed by atoms with van der Waals surface area (Å²) in [4.78, 5) is 39.6. The molecule has 4 N–H and O–H groups in total. The standard InChI is InChI=1S/C31H29N3O5/c1-20-7-3-5-9-26(20)32-31(38)28(19-21-11-15-23(35)16-12-21)34-30(37)25-8-4-6-10-27(25)33-29(36)22-13-17-24(39-2)18-14-22/h3-18,28,35H,19H2,1-2H3,(H,32,38)(H,33,36)(H,34,37)/t28-/m0/s1. The zero-order valence-corrected chi connectivity index (χ0v) is 21.6. The Morgan fingerprint density at radius 3 is 2.08 bits per heavy atom. The Kier molecular flexibility index (Phi) is 8.58. The summed E-state index contributed by atoms with van der Waals surface area (Å²) in [5, 5.41) is 18.1. The normalized spacial score (nSPS) is 11.2. The number of nitrogens with one attached hydrogen (secondary N) is 3. The highest BCUT2D eigenvalue weighted by Crippen LogP contribution is 2.20. The van der Waals surface area contributed by atoms with Crippen LogP contribution >= 0.6 is 0 Å². The predicted octanol–water partition coefficient (Wildman–Crippen LogP) is 4.94. The Morgan fingerprint density at radius 2 is 1.41 bits per heavy atom. The second kappa shape index (κ2) is 12.4. The van der Waals surface area contributed by atoms with Crippen molar-refractivity contribution in [3.05, 3.63) is 119 Å². The van der Waals surface area contributed by atoms with Gasteiger partial charge in [-0.15, -0.1) is 0 Å². The van der Waals surface area contributed by atoms with Crippen LogP contribution in [0.4, 0.5) is 11.4 Å². The molecule has 3 amide bonds. The second-order valence-electron chi connectivity index (χ2n) is 8.93. The lowest BCUT2D eigenvalue weighted by atomic mass is 10.0. The van der Waals surface area contributed by atoms with Gasteiger partial charge < -0.3 is 25.8 Å². The summed E-state index contributed by atoms with van der Waals surface area (Å²) < 4.78 is 5.14. The van der Waals surface area contributed by atoms with E-state index < -0.39 is 23.8 Å². The van der Waals surface area contributed by atoms with E-state index in [-0.39, 0.29) is 17.7 Å². The summed E-state index contributed by atoms with van der Waals surface area (Å²) in [6.07, 6.45) is 0.185. The van der Waals surface area contributed by atoms with Crippen molar-refractivity contribution in [3.63, 3.8) is 0 Å². The molecule has 0 spiro atoms. The van der Waals surface area contributed by atoms with Gasteiger partial charge in [0.1, 0.15) is 17.5 Å². The van der Waals surface area contributed by atoms with Gasteiger partial charge in [0.25, 0.3) is 11.8 Å². The van der Waals surface area contributed by atoms with Gasteiger partial charge in [0.15, 0.2) is 0 Å². The van der Waals surface area contributed by atoms with E-state index >= 15 is 0 Å². The van der Waals surface area contributed by atoms with Gasteiger partial charge in [0.2, 0.25) is 5.91 Å². The average molecular weight is 524 g/mol. The molecule has 198 valence electrons. The van der Waals surface area contributed by atoms with Crippen molar-refractivity contribution in [1.29, 1.82) is 0 Å². The number of aromatic hydroxyl groups is 1. The maximum Gasteiger partial charge on any atom is 0.255 e. The number of carbonyl (C=O) groups excluding carboxylic acids is 3. The van der Waals surface area contributed by atoms with Crippen LogP contribution in [0.15, 0.2) is 97.1 Å². The summed E-state index contributed by atoms with van der Waals surface area (Å²) in [5.74, 6) is -0.592. The molecule has 39 heavy (non-hydrogen) atoms. The Bertz CT molecular complexity index is 1470. The van der Waals surface area contributed by atoms with E-state index in [0.29, 0.717) is 22.7 Å². The number of ether oxygens (including phenoxy) is 1. The molecule has 1 atom stereocenters. The maximum atomic E-state index is 13.4. The summed E-state index contributed by atoms with van der Waals surface area (Å²) in [5.41, 5.74) is 3.18. The topological polar surface area (TPSA) is 117 Å². The van der Waals surface area contributed by atoms with E-state index in [9.17, 15) is 19.5 Å². The first-order chi connectivity index (χ1) is 18.8. The third kappa shape index (κ3) is 7.01. The van der Waals surface area contributed by atoms with Crippen LogP contribution in [-0.4, -0.2) is 36.0 Å². The van der Waals surface area contributed by atoms with Crippen molar-refractivity contribution in [1.82, 2.24) is 5.32 Å². The molecule has 0 aromatic heterocycles. The Hall–Kier alpha value is -5.11. The number of hydrogen-bond acceptors (Lipinski definition) is 5. The number of amides is 3. The zero-order valence-electron chi connectivity index (χ0n) is 21.6. The first-order valence-corrected chi connectivity index (χ1v) is 12.3. The lowest BCUT2D eigenvalue weighted by molar-refractivity contribution is -0.118. The third-order valence-electron chi connectivity index (χ3n) is 6.17. The molecule has 4 aromatic carbocycles. The molecule has 4 aromatic rings. The number of aryl methyl sites for hydroxylation is 1. The number of anilines is 2. The predicted molar refractivity (Wildman–Crippen MR) is 150 cm³/mol. The van der Waals surface area contributed by atoms with Crippen LogP contribution in [0.25, 0.3) is 0 Å². The highest BCUT2D eigenvalue weighted by molar-refractivity contribution is 6.10. The summed E-state index contributed by atoms with van der Waals surface area (Å²) in [6, 6.07) is 26.0. The van der Waals surface area contributed by atoms with E-state index in [1.54, 1.807) is 73.8 Å². The lowest BCUT2D eigenvalue weighted by Crippen LogP contribution is -2.45. The van der Waals surface area contributed by atoms with Crippen LogP contribution in [0, 0.1) is 6.92 Å². The SMILES string of the molecule is COc1ccc(C(=O)Nc2ccccc2C(=O)N[C@@H](Cc2ccc(O)cc2)C(=O)Nc2ccccc2C)cc1. The number of phenolic OH excluding ortho intramolecular Hbond substituents is 1. The summed E-state index contributed by atoms with van der Waals surface area (Å²) in [6.45, 7) is 1.88. The van der Waals surface area contributed by atoms with Crippen LogP contribution in [0.3, 0.4) is 0 Å². The fraction of sp³-hybridized carbons (Fsp3) is 0.129. The molecular formula is C31H29N3O5. The van der Waals surface area contributed by atoms with E-state index in [1.807, 2.05) is 25.1 Å². The van der Waals surface area contributed by atoms with E-state index in [1.165, 1.54) is 12.1 Å². The molecule has 0 heterocycles. The lowest BCUT2D eigenvalue weighted by Gasteiger charge is -2.20. The number of carbonyl (C=O) groups is 3.